The summed E-state index contributed by atoms with van der Waals surface area (Å²) in [4.78, 5) is 7.28. The molecule has 0 N–H and O–H groups in total. The first kappa shape index (κ1) is 17.8. The monoisotopic (exact) mass is 362 g/mol. The van der Waals surface area contributed by atoms with Crippen molar-refractivity contribution in [2.75, 3.05) is 27.3 Å². The summed E-state index contributed by atoms with van der Waals surface area (Å²) in [6, 6.07) is 16.9. The zero-order valence-corrected chi connectivity index (χ0v) is 16.0. The first-order valence-electron chi connectivity index (χ1n) is 9.55. The smallest absolute Gasteiger partial charge is 0.161 e. The molecular formula is C23H26N2O2. The van der Waals surface area contributed by atoms with E-state index in [2.05, 4.69) is 47.4 Å². The summed E-state index contributed by atoms with van der Waals surface area (Å²) in [5.74, 6) is 2.06. The van der Waals surface area contributed by atoms with Crippen molar-refractivity contribution in [3.05, 3.63) is 66.0 Å². The predicted octanol–water partition coefficient (Wildman–Crippen LogP) is 4.63. The van der Waals surface area contributed by atoms with Crippen LogP contribution in [0.1, 0.15) is 30.0 Å². The lowest BCUT2D eigenvalue weighted by Gasteiger charge is -2.32. The highest BCUT2D eigenvalue weighted by Crippen LogP contribution is 2.31. The van der Waals surface area contributed by atoms with Gasteiger partial charge in [-0.3, -0.25) is 9.88 Å². The largest absolute Gasteiger partial charge is 0.493 e. The van der Waals surface area contributed by atoms with Crippen molar-refractivity contribution in [1.29, 1.82) is 0 Å². The number of benzene rings is 2. The molecule has 2 heterocycles. The number of piperidine rings is 1. The molecule has 27 heavy (non-hydrogen) atoms. The average Bonchev–Trinajstić information content (AvgIpc) is 2.73. The number of likely N-dealkylation sites (tertiary alicyclic amines) is 1. The molecule has 1 aromatic heterocycles. The Labute approximate surface area is 160 Å². The SMILES string of the molecule is COc1ccc(CN2CCC[C@H](c3cc4ccccc4cn3)C2)cc1OC. The van der Waals surface area contributed by atoms with Crippen molar-refractivity contribution in [3.8, 4) is 11.5 Å². The molecule has 0 radical (unpaired) electrons. The molecule has 1 aliphatic heterocycles. The summed E-state index contributed by atoms with van der Waals surface area (Å²) in [5, 5.41) is 2.48. The molecule has 1 saturated heterocycles. The molecule has 4 heteroatoms. The summed E-state index contributed by atoms with van der Waals surface area (Å²) in [6.45, 7) is 3.09. The van der Waals surface area contributed by atoms with Crippen molar-refractivity contribution in [2.45, 2.75) is 25.3 Å². The Bertz CT molecular complexity index is 925. The number of aromatic nitrogens is 1. The van der Waals surface area contributed by atoms with Crippen LogP contribution in [0.5, 0.6) is 11.5 Å². The van der Waals surface area contributed by atoms with E-state index in [0.717, 1.165) is 31.1 Å². The van der Waals surface area contributed by atoms with Crippen LogP contribution >= 0.6 is 0 Å². The van der Waals surface area contributed by atoms with Crippen LogP contribution in [-0.4, -0.2) is 37.2 Å². The van der Waals surface area contributed by atoms with Crippen LogP contribution in [0, 0.1) is 0 Å². The summed E-state index contributed by atoms with van der Waals surface area (Å²) >= 11 is 0. The van der Waals surface area contributed by atoms with Crippen molar-refractivity contribution < 1.29 is 9.47 Å². The maximum absolute atomic E-state index is 5.44. The Morgan fingerprint density at radius 1 is 1.00 bits per heavy atom. The molecule has 2 aromatic carbocycles. The number of ether oxygens (including phenoxy) is 2. The molecule has 0 saturated carbocycles. The minimum atomic E-state index is 0.489. The molecular weight excluding hydrogens is 336 g/mol. The predicted molar refractivity (Wildman–Crippen MR) is 109 cm³/mol. The quantitative estimate of drug-likeness (QED) is 0.663. The van der Waals surface area contributed by atoms with Gasteiger partial charge in [0.2, 0.25) is 0 Å². The van der Waals surface area contributed by atoms with Crippen molar-refractivity contribution in [3.63, 3.8) is 0 Å². The Morgan fingerprint density at radius 3 is 2.63 bits per heavy atom. The van der Waals surface area contributed by atoms with Crippen molar-refractivity contribution in [1.82, 2.24) is 9.88 Å². The van der Waals surface area contributed by atoms with Crippen LogP contribution in [-0.2, 0) is 6.54 Å². The standard InChI is InChI=1S/C23H26N2O2/c1-26-22-10-9-17(12-23(22)27-2)15-25-11-5-8-20(16-25)21-13-18-6-3-4-7-19(18)14-24-21/h3-4,6-7,9-10,12-14,20H,5,8,11,15-16H2,1-2H3/t20-/m0/s1. The topological polar surface area (TPSA) is 34.6 Å². The van der Waals surface area contributed by atoms with Crippen molar-refractivity contribution in [2.24, 2.45) is 0 Å². The second-order valence-corrected chi connectivity index (χ2v) is 7.22. The third-order valence-corrected chi connectivity index (χ3v) is 5.43. The fourth-order valence-electron chi connectivity index (χ4n) is 4.00. The van der Waals surface area contributed by atoms with Gasteiger partial charge in [0.15, 0.2) is 11.5 Å². The lowest BCUT2D eigenvalue weighted by atomic mass is 9.93. The Balaban J connectivity index is 1.49. The van der Waals surface area contributed by atoms with Gasteiger partial charge < -0.3 is 9.47 Å². The second-order valence-electron chi connectivity index (χ2n) is 7.22. The van der Waals surface area contributed by atoms with Gasteiger partial charge in [-0.25, -0.2) is 0 Å². The number of methoxy groups -OCH3 is 2. The molecule has 4 rings (SSSR count). The number of fused-ring (bicyclic) bond motifs is 1. The van der Waals surface area contributed by atoms with Crippen LogP contribution < -0.4 is 9.47 Å². The Kier molecular flexibility index (Phi) is 5.26. The summed E-state index contributed by atoms with van der Waals surface area (Å²) < 4.78 is 10.8. The first-order chi connectivity index (χ1) is 13.3. The normalized spacial score (nSPS) is 17.8. The van der Waals surface area contributed by atoms with Gasteiger partial charge in [0.05, 0.1) is 14.2 Å². The van der Waals surface area contributed by atoms with Gasteiger partial charge in [-0.2, -0.15) is 0 Å². The van der Waals surface area contributed by atoms with Gasteiger partial charge in [0, 0.05) is 36.3 Å². The summed E-state index contributed by atoms with van der Waals surface area (Å²) in [7, 11) is 3.35. The van der Waals surface area contributed by atoms with E-state index in [0.29, 0.717) is 5.92 Å². The van der Waals surface area contributed by atoms with Crippen LogP contribution in [0.4, 0.5) is 0 Å². The molecule has 0 aliphatic carbocycles. The lowest BCUT2D eigenvalue weighted by Crippen LogP contribution is -2.34. The zero-order chi connectivity index (χ0) is 18.6. The molecule has 1 fully saturated rings. The fraction of sp³-hybridized carbons (Fsp3) is 0.348. The van der Waals surface area contributed by atoms with E-state index in [1.165, 1.54) is 34.9 Å². The van der Waals surface area contributed by atoms with Crippen LogP contribution in [0.25, 0.3) is 10.8 Å². The van der Waals surface area contributed by atoms with E-state index in [9.17, 15) is 0 Å². The van der Waals surface area contributed by atoms with Gasteiger partial charge in [-0.15, -0.1) is 0 Å². The molecule has 3 aromatic rings. The second kappa shape index (κ2) is 7.97. The lowest BCUT2D eigenvalue weighted by molar-refractivity contribution is 0.198. The van der Waals surface area contributed by atoms with Gasteiger partial charge in [-0.1, -0.05) is 30.3 Å². The van der Waals surface area contributed by atoms with Gasteiger partial charge in [-0.05, 0) is 48.5 Å². The number of pyridine rings is 1. The third kappa shape index (κ3) is 3.91. The molecule has 140 valence electrons. The fourth-order valence-corrected chi connectivity index (χ4v) is 4.00. The average molecular weight is 362 g/mol. The number of rotatable bonds is 5. The third-order valence-electron chi connectivity index (χ3n) is 5.43. The van der Waals surface area contributed by atoms with E-state index in [4.69, 9.17) is 14.5 Å². The van der Waals surface area contributed by atoms with Gasteiger partial charge >= 0.3 is 0 Å². The van der Waals surface area contributed by atoms with Crippen molar-refractivity contribution >= 4 is 10.8 Å². The van der Waals surface area contributed by atoms with Crippen LogP contribution in [0.3, 0.4) is 0 Å². The minimum absolute atomic E-state index is 0.489. The van der Waals surface area contributed by atoms with Gasteiger partial charge in [0.1, 0.15) is 0 Å². The molecule has 4 nitrogen and oxygen atoms in total. The van der Waals surface area contributed by atoms with E-state index >= 15 is 0 Å². The first-order valence-corrected chi connectivity index (χ1v) is 9.55. The summed E-state index contributed by atoms with van der Waals surface area (Å²) in [6.07, 6.45) is 4.41. The molecule has 1 aliphatic rings. The number of hydrogen-bond acceptors (Lipinski definition) is 4. The highest BCUT2D eigenvalue weighted by molar-refractivity contribution is 5.81. The maximum atomic E-state index is 5.44. The maximum Gasteiger partial charge on any atom is 0.161 e. The number of hydrogen-bond donors (Lipinski definition) is 0. The van der Waals surface area contributed by atoms with Crippen LogP contribution in [0.15, 0.2) is 54.7 Å². The summed E-state index contributed by atoms with van der Waals surface area (Å²) in [5.41, 5.74) is 2.46. The Hall–Kier alpha value is -2.59. The minimum Gasteiger partial charge on any atom is -0.493 e. The van der Waals surface area contributed by atoms with Gasteiger partial charge in [0.25, 0.3) is 0 Å². The molecule has 0 amide bonds. The molecule has 0 unspecified atom stereocenters. The molecule has 0 spiro atoms. The Morgan fingerprint density at radius 2 is 1.81 bits per heavy atom. The highest BCUT2D eigenvalue weighted by atomic mass is 16.5. The highest BCUT2D eigenvalue weighted by Gasteiger charge is 2.23. The van der Waals surface area contributed by atoms with E-state index in [-0.39, 0.29) is 0 Å². The molecule has 0 bridgehead atoms. The van der Waals surface area contributed by atoms with E-state index in [1.807, 2.05) is 12.3 Å². The zero-order valence-electron chi connectivity index (χ0n) is 16.0. The number of nitrogens with zero attached hydrogens (tertiary/aromatic N) is 2. The van der Waals surface area contributed by atoms with Crippen LogP contribution in [0.2, 0.25) is 0 Å². The van der Waals surface area contributed by atoms with E-state index in [1.54, 1.807) is 14.2 Å². The molecule has 1 atom stereocenters. The van der Waals surface area contributed by atoms with E-state index < -0.39 is 0 Å².